The van der Waals surface area contributed by atoms with Crippen LogP contribution in [-0.2, 0) is 21.9 Å². The number of carbonyl (C=O) groups excluding carboxylic acids is 2. The van der Waals surface area contributed by atoms with Crippen molar-refractivity contribution in [1.29, 1.82) is 0 Å². The van der Waals surface area contributed by atoms with E-state index < -0.39 is 27.9 Å². The molecule has 1 aliphatic rings. The maximum Gasteiger partial charge on any atom is 0.290 e. The molecule has 0 saturated carbocycles. The van der Waals surface area contributed by atoms with Crippen molar-refractivity contribution in [2.24, 2.45) is 12.0 Å². The van der Waals surface area contributed by atoms with E-state index in [2.05, 4.69) is 25.7 Å². The highest BCUT2D eigenvalue weighted by Crippen LogP contribution is 2.22. The van der Waals surface area contributed by atoms with E-state index in [4.69, 9.17) is 0 Å². The number of benzene rings is 2. The molecule has 2 heterocycles. The molecule has 0 saturated heterocycles. The van der Waals surface area contributed by atoms with Gasteiger partial charge in [0.1, 0.15) is 11.9 Å². The predicted molar refractivity (Wildman–Crippen MR) is 115 cm³/mol. The third kappa shape index (κ3) is 3.71. The molecule has 0 bridgehead atoms. The molecule has 0 radical (unpaired) electrons. The summed E-state index contributed by atoms with van der Waals surface area (Å²) in [5.74, 6) is -1.36. The quantitative estimate of drug-likeness (QED) is 0.467. The molecule has 1 aliphatic heterocycles. The zero-order valence-corrected chi connectivity index (χ0v) is 17.8. The van der Waals surface area contributed by atoms with Gasteiger partial charge in [-0.3, -0.25) is 34.9 Å². The minimum Gasteiger partial charge on any atom is -0.271 e. The number of fused-ring (bicyclic) bond motifs is 2. The Morgan fingerprint density at radius 2 is 1.72 bits per heavy atom. The highest BCUT2D eigenvalue weighted by Gasteiger charge is 2.31. The van der Waals surface area contributed by atoms with E-state index in [0.29, 0.717) is 16.3 Å². The summed E-state index contributed by atoms with van der Waals surface area (Å²) >= 11 is 0. The molecule has 11 nitrogen and oxygen atoms in total. The first kappa shape index (κ1) is 21.2. The van der Waals surface area contributed by atoms with Gasteiger partial charge in [0, 0.05) is 18.0 Å². The number of amidine groups is 1. The van der Waals surface area contributed by atoms with Gasteiger partial charge in [0.2, 0.25) is 0 Å². The van der Waals surface area contributed by atoms with Crippen LogP contribution in [0.3, 0.4) is 0 Å². The fourth-order valence-corrected chi connectivity index (χ4v) is 4.47. The smallest absolute Gasteiger partial charge is 0.271 e. The molecule has 2 amide bonds. The number of nitrogens with one attached hydrogen (secondary N) is 3. The van der Waals surface area contributed by atoms with E-state index in [1.165, 1.54) is 20.0 Å². The number of hydrazine groups is 1. The summed E-state index contributed by atoms with van der Waals surface area (Å²) in [6, 6.07) is 11.7. The molecular weight excluding hydrogens is 436 g/mol. The molecule has 32 heavy (non-hydrogen) atoms. The average molecular weight is 454 g/mol. The van der Waals surface area contributed by atoms with Crippen molar-refractivity contribution >= 4 is 38.4 Å². The molecule has 0 aliphatic carbocycles. The number of nitrogens with zero attached hydrogens (tertiary/aromatic N) is 3. The summed E-state index contributed by atoms with van der Waals surface area (Å²) in [5.41, 5.74) is 4.46. The van der Waals surface area contributed by atoms with Crippen LogP contribution < -0.4 is 21.1 Å². The summed E-state index contributed by atoms with van der Waals surface area (Å²) in [7, 11) is -2.32. The Balaban J connectivity index is 1.51. The van der Waals surface area contributed by atoms with E-state index in [-0.39, 0.29) is 22.0 Å². The topological polar surface area (TPSA) is 152 Å². The number of aromatic nitrogens is 2. The van der Waals surface area contributed by atoms with Crippen LogP contribution in [0.25, 0.3) is 10.8 Å². The van der Waals surface area contributed by atoms with Crippen molar-refractivity contribution in [3.8, 4) is 0 Å². The van der Waals surface area contributed by atoms with Gasteiger partial charge in [0.15, 0.2) is 5.69 Å². The van der Waals surface area contributed by atoms with Crippen LogP contribution >= 0.6 is 0 Å². The number of aliphatic imine (C=N–C) groups is 1. The standard InChI is InChI=1S/C20H18N6O5S/c1-11(21-17-14-9-5-6-10-15(14)32(30,31)25-17)18(27)22-23-19(28)16-12-7-3-4-8-13(12)20(29)26(2)24-16/h3-11H,1-2H3,(H,21,25)(H,22,27)(H,23,28)/t11-/m0/s1. The van der Waals surface area contributed by atoms with Crippen molar-refractivity contribution in [3.63, 3.8) is 0 Å². The Labute approximate surface area is 182 Å². The number of amides is 2. The van der Waals surface area contributed by atoms with E-state index >= 15 is 0 Å². The van der Waals surface area contributed by atoms with Gasteiger partial charge in [0.25, 0.3) is 27.4 Å². The zero-order chi connectivity index (χ0) is 23.0. The number of aryl methyl sites for hydroxylation is 1. The zero-order valence-electron chi connectivity index (χ0n) is 17.0. The second-order valence-corrected chi connectivity index (χ2v) is 8.67. The molecule has 3 N–H and O–H groups in total. The number of hydrogen-bond acceptors (Lipinski definition) is 7. The van der Waals surface area contributed by atoms with Gasteiger partial charge < -0.3 is 0 Å². The lowest BCUT2D eigenvalue weighted by atomic mass is 10.1. The summed E-state index contributed by atoms with van der Waals surface area (Å²) in [6.07, 6.45) is 0. The first-order valence-corrected chi connectivity index (χ1v) is 10.9. The number of hydrogen-bond donors (Lipinski definition) is 3. The van der Waals surface area contributed by atoms with Crippen LogP contribution in [0.4, 0.5) is 0 Å². The largest absolute Gasteiger partial charge is 0.290 e. The minimum atomic E-state index is -3.73. The van der Waals surface area contributed by atoms with Gasteiger partial charge in [-0.05, 0) is 25.1 Å². The van der Waals surface area contributed by atoms with Crippen LogP contribution in [-0.4, -0.2) is 41.9 Å². The van der Waals surface area contributed by atoms with Crippen molar-refractivity contribution in [3.05, 3.63) is 70.1 Å². The lowest BCUT2D eigenvalue weighted by molar-refractivity contribution is -0.122. The van der Waals surface area contributed by atoms with E-state index in [1.54, 1.807) is 42.5 Å². The van der Waals surface area contributed by atoms with Gasteiger partial charge in [-0.15, -0.1) is 0 Å². The van der Waals surface area contributed by atoms with Crippen LogP contribution in [0.5, 0.6) is 0 Å². The Hall–Kier alpha value is -4.06. The summed E-state index contributed by atoms with van der Waals surface area (Å²) < 4.78 is 27.7. The number of rotatable bonds is 3. The van der Waals surface area contributed by atoms with Crippen LogP contribution in [0.15, 0.2) is 63.2 Å². The Morgan fingerprint density at radius 1 is 1.06 bits per heavy atom. The Kier molecular flexibility index (Phi) is 5.22. The Bertz CT molecular complexity index is 1460. The second-order valence-electron chi connectivity index (χ2n) is 7.02. The minimum absolute atomic E-state index is 0.0419. The molecule has 4 rings (SSSR count). The van der Waals surface area contributed by atoms with Gasteiger partial charge in [-0.1, -0.05) is 30.3 Å². The van der Waals surface area contributed by atoms with Crippen molar-refractivity contribution in [2.45, 2.75) is 17.9 Å². The van der Waals surface area contributed by atoms with Crippen LogP contribution in [0.2, 0.25) is 0 Å². The van der Waals surface area contributed by atoms with Crippen LogP contribution in [0.1, 0.15) is 23.0 Å². The molecule has 0 spiro atoms. The maximum absolute atomic E-state index is 12.6. The first-order chi connectivity index (χ1) is 15.2. The molecular formula is C20H18N6O5S. The van der Waals surface area contributed by atoms with Gasteiger partial charge >= 0.3 is 0 Å². The Morgan fingerprint density at radius 3 is 2.47 bits per heavy atom. The lowest BCUT2D eigenvalue weighted by Gasteiger charge is -2.12. The molecule has 0 fully saturated rings. The lowest BCUT2D eigenvalue weighted by Crippen LogP contribution is -2.46. The first-order valence-electron chi connectivity index (χ1n) is 9.45. The number of sulfonamides is 1. The van der Waals surface area contributed by atoms with E-state index in [9.17, 15) is 22.8 Å². The molecule has 2 aromatic carbocycles. The fourth-order valence-electron chi connectivity index (χ4n) is 3.23. The summed E-state index contributed by atoms with van der Waals surface area (Å²) in [4.78, 5) is 41.5. The highest BCUT2D eigenvalue weighted by molar-refractivity contribution is 7.90. The third-order valence-electron chi connectivity index (χ3n) is 4.84. The normalized spacial score (nSPS) is 16.2. The van der Waals surface area contributed by atoms with Crippen LogP contribution in [0, 0.1) is 0 Å². The highest BCUT2D eigenvalue weighted by atomic mass is 32.2. The molecule has 1 aromatic heterocycles. The second kappa shape index (κ2) is 7.89. The van der Waals surface area contributed by atoms with E-state index in [1.807, 2.05) is 0 Å². The predicted octanol–water partition coefficient (Wildman–Crippen LogP) is -0.178. The van der Waals surface area contributed by atoms with Gasteiger partial charge in [-0.25, -0.2) is 13.1 Å². The van der Waals surface area contributed by atoms with Gasteiger partial charge in [-0.2, -0.15) is 5.10 Å². The maximum atomic E-state index is 12.6. The summed E-state index contributed by atoms with van der Waals surface area (Å²) in [6.45, 7) is 1.45. The van der Waals surface area contributed by atoms with Crippen molar-refractivity contribution < 1.29 is 18.0 Å². The fraction of sp³-hybridized carbons (Fsp3) is 0.150. The van der Waals surface area contributed by atoms with Crippen molar-refractivity contribution in [1.82, 2.24) is 25.4 Å². The number of carbonyl (C=O) groups is 2. The molecule has 12 heteroatoms. The summed E-state index contributed by atoms with van der Waals surface area (Å²) in [5, 5.41) is 4.64. The van der Waals surface area contributed by atoms with E-state index in [0.717, 1.165) is 4.68 Å². The molecule has 0 unspecified atom stereocenters. The molecule has 164 valence electrons. The monoisotopic (exact) mass is 454 g/mol. The molecule has 3 aromatic rings. The molecule has 1 atom stereocenters. The average Bonchev–Trinajstić information content (AvgIpc) is 3.04. The SMILES string of the molecule is C[C@H](N=C1NS(=O)(=O)c2ccccc21)C(=O)NNC(=O)c1nn(C)c(=O)c2ccccc12. The third-order valence-corrected chi connectivity index (χ3v) is 6.23. The van der Waals surface area contributed by atoms with Gasteiger partial charge in [0.05, 0.1) is 10.3 Å². The van der Waals surface area contributed by atoms with Crippen molar-refractivity contribution in [2.75, 3.05) is 0 Å².